The first-order valence-electron chi connectivity index (χ1n) is 6.74. The second-order valence-electron chi connectivity index (χ2n) is 5.18. The number of nitrogens with zero attached hydrogens (tertiary/aromatic N) is 1. The number of hydrogen-bond donors (Lipinski definition) is 1. The lowest BCUT2D eigenvalue weighted by Gasteiger charge is -2.30. The van der Waals surface area contributed by atoms with Gasteiger partial charge < -0.3 is 5.73 Å². The van der Waals surface area contributed by atoms with Gasteiger partial charge in [0, 0.05) is 12.0 Å². The molecule has 0 spiro atoms. The van der Waals surface area contributed by atoms with E-state index in [1.165, 1.54) is 0 Å². The number of likely N-dealkylation sites (tertiary alicyclic amines) is 1. The first kappa shape index (κ1) is 13.7. The highest BCUT2D eigenvalue weighted by Gasteiger charge is 2.22. The fraction of sp³-hybridized carbons (Fsp3) is 0.467. The Balaban J connectivity index is 1.80. The van der Waals surface area contributed by atoms with Gasteiger partial charge in [-0.15, -0.1) is 0 Å². The highest BCUT2D eigenvalue weighted by molar-refractivity contribution is 5.97. The highest BCUT2D eigenvalue weighted by Crippen LogP contribution is 2.20. The molecule has 1 saturated heterocycles. The summed E-state index contributed by atoms with van der Waals surface area (Å²) in [4.78, 5) is 25.1. The Kier molecular flexibility index (Phi) is 4.68. The Bertz CT molecular complexity index is 437. The van der Waals surface area contributed by atoms with E-state index in [1.54, 1.807) is 0 Å². The quantitative estimate of drug-likeness (QED) is 0.815. The molecular weight excluding hydrogens is 240 g/mol. The summed E-state index contributed by atoms with van der Waals surface area (Å²) in [5.41, 5.74) is 5.97. The molecule has 2 N–H and O–H groups in total. The van der Waals surface area contributed by atoms with E-state index in [2.05, 4.69) is 4.90 Å². The molecule has 102 valence electrons. The van der Waals surface area contributed by atoms with Crippen LogP contribution in [0.2, 0.25) is 0 Å². The highest BCUT2D eigenvalue weighted by atomic mass is 16.1. The molecule has 0 aromatic heterocycles. The fourth-order valence-electron chi connectivity index (χ4n) is 2.55. The van der Waals surface area contributed by atoms with Crippen molar-refractivity contribution in [2.24, 2.45) is 11.7 Å². The van der Waals surface area contributed by atoms with Crippen molar-refractivity contribution < 1.29 is 9.59 Å². The SMILES string of the molecule is NC(=O)CC1CCN(CC(=O)c2ccccc2)CC1. The average Bonchev–Trinajstić information content (AvgIpc) is 2.41. The Morgan fingerprint density at radius 2 is 1.79 bits per heavy atom. The molecule has 1 aliphatic rings. The van der Waals surface area contributed by atoms with Crippen LogP contribution in [-0.2, 0) is 4.79 Å². The van der Waals surface area contributed by atoms with Gasteiger partial charge in [0.15, 0.2) is 5.78 Å². The average molecular weight is 260 g/mol. The summed E-state index contributed by atoms with van der Waals surface area (Å²) in [6, 6.07) is 9.37. The van der Waals surface area contributed by atoms with Crippen LogP contribution in [0.1, 0.15) is 29.6 Å². The van der Waals surface area contributed by atoms with Crippen LogP contribution in [0, 0.1) is 5.92 Å². The summed E-state index contributed by atoms with van der Waals surface area (Å²) in [6.45, 7) is 2.21. The molecule has 0 unspecified atom stereocenters. The van der Waals surface area contributed by atoms with Gasteiger partial charge in [-0.25, -0.2) is 0 Å². The van der Waals surface area contributed by atoms with E-state index in [-0.39, 0.29) is 11.7 Å². The number of rotatable bonds is 5. The number of ketones is 1. The zero-order valence-electron chi connectivity index (χ0n) is 11.0. The molecule has 1 amide bonds. The van der Waals surface area contributed by atoms with E-state index in [0.717, 1.165) is 31.5 Å². The van der Waals surface area contributed by atoms with Crippen LogP contribution < -0.4 is 5.73 Å². The second-order valence-corrected chi connectivity index (χ2v) is 5.18. The molecule has 1 aliphatic heterocycles. The lowest BCUT2D eigenvalue weighted by atomic mass is 9.93. The molecule has 0 aliphatic carbocycles. The molecule has 1 fully saturated rings. The van der Waals surface area contributed by atoms with Crippen LogP contribution in [0.5, 0.6) is 0 Å². The molecular formula is C15H20N2O2. The summed E-state index contributed by atoms with van der Waals surface area (Å²) in [7, 11) is 0. The number of nitrogens with two attached hydrogens (primary N) is 1. The maximum absolute atomic E-state index is 12.1. The number of amides is 1. The van der Waals surface area contributed by atoms with E-state index in [1.807, 2.05) is 30.3 Å². The van der Waals surface area contributed by atoms with Gasteiger partial charge in [-0.1, -0.05) is 30.3 Å². The van der Waals surface area contributed by atoms with Crippen molar-refractivity contribution in [1.82, 2.24) is 4.90 Å². The molecule has 0 saturated carbocycles. The minimum atomic E-state index is -0.223. The summed E-state index contributed by atoms with van der Waals surface area (Å²) in [5.74, 6) is 0.327. The molecule has 1 aromatic carbocycles. The summed E-state index contributed by atoms with van der Waals surface area (Å²) < 4.78 is 0. The summed E-state index contributed by atoms with van der Waals surface area (Å²) in [5, 5.41) is 0. The Morgan fingerprint density at radius 3 is 2.37 bits per heavy atom. The van der Waals surface area contributed by atoms with Crippen molar-refractivity contribution in [3.05, 3.63) is 35.9 Å². The third-order valence-electron chi connectivity index (χ3n) is 3.66. The molecule has 4 nitrogen and oxygen atoms in total. The predicted octanol–water partition coefficient (Wildman–Crippen LogP) is 1.46. The molecule has 0 bridgehead atoms. The van der Waals surface area contributed by atoms with Crippen LogP contribution in [0.25, 0.3) is 0 Å². The second kappa shape index (κ2) is 6.48. The molecule has 1 heterocycles. The van der Waals surface area contributed by atoms with Crippen molar-refractivity contribution in [1.29, 1.82) is 0 Å². The van der Waals surface area contributed by atoms with E-state index >= 15 is 0 Å². The van der Waals surface area contributed by atoms with E-state index < -0.39 is 0 Å². The molecule has 0 radical (unpaired) electrons. The minimum Gasteiger partial charge on any atom is -0.370 e. The van der Waals surface area contributed by atoms with Crippen LogP contribution in [-0.4, -0.2) is 36.2 Å². The molecule has 0 atom stereocenters. The van der Waals surface area contributed by atoms with Gasteiger partial charge in [0.2, 0.25) is 5.91 Å². The number of carbonyl (C=O) groups is 2. The Labute approximate surface area is 113 Å². The first-order chi connectivity index (χ1) is 9.15. The number of Topliss-reactive ketones (excluding diaryl/α,β-unsaturated/α-hetero) is 1. The predicted molar refractivity (Wildman–Crippen MR) is 73.7 cm³/mol. The molecule has 19 heavy (non-hydrogen) atoms. The first-order valence-corrected chi connectivity index (χ1v) is 6.74. The van der Waals surface area contributed by atoms with Crippen molar-refractivity contribution >= 4 is 11.7 Å². The third kappa shape index (κ3) is 4.17. The number of carbonyl (C=O) groups excluding carboxylic acids is 2. The van der Waals surface area contributed by atoms with Crippen LogP contribution in [0.15, 0.2) is 30.3 Å². The van der Waals surface area contributed by atoms with Crippen molar-refractivity contribution in [3.8, 4) is 0 Å². The molecule has 4 heteroatoms. The largest absolute Gasteiger partial charge is 0.370 e. The van der Waals surface area contributed by atoms with Gasteiger partial charge in [0.05, 0.1) is 6.54 Å². The maximum atomic E-state index is 12.1. The van der Waals surface area contributed by atoms with Crippen LogP contribution in [0.3, 0.4) is 0 Å². The normalized spacial score (nSPS) is 17.3. The topological polar surface area (TPSA) is 63.4 Å². The van der Waals surface area contributed by atoms with Gasteiger partial charge in [-0.2, -0.15) is 0 Å². The van der Waals surface area contributed by atoms with Gasteiger partial charge in [0.25, 0.3) is 0 Å². The van der Waals surface area contributed by atoms with Crippen LogP contribution in [0.4, 0.5) is 0 Å². The van der Waals surface area contributed by atoms with E-state index in [9.17, 15) is 9.59 Å². The number of piperidine rings is 1. The lowest BCUT2D eigenvalue weighted by molar-refractivity contribution is -0.119. The third-order valence-corrected chi connectivity index (χ3v) is 3.66. The van der Waals surface area contributed by atoms with Crippen molar-refractivity contribution in [2.75, 3.05) is 19.6 Å². The molecule has 2 rings (SSSR count). The van der Waals surface area contributed by atoms with Gasteiger partial charge in [-0.3, -0.25) is 14.5 Å². The number of primary amides is 1. The van der Waals surface area contributed by atoms with Crippen molar-refractivity contribution in [3.63, 3.8) is 0 Å². The van der Waals surface area contributed by atoms with Gasteiger partial charge in [-0.05, 0) is 31.8 Å². The van der Waals surface area contributed by atoms with Crippen LogP contribution >= 0.6 is 0 Å². The van der Waals surface area contributed by atoms with E-state index in [0.29, 0.717) is 18.9 Å². The van der Waals surface area contributed by atoms with Crippen molar-refractivity contribution in [2.45, 2.75) is 19.3 Å². The smallest absolute Gasteiger partial charge is 0.217 e. The molecule has 1 aromatic rings. The van der Waals surface area contributed by atoms with E-state index in [4.69, 9.17) is 5.73 Å². The minimum absolute atomic E-state index is 0.161. The zero-order valence-corrected chi connectivity index (χ0v) is 11.0. The van der Waals surface area contributed by atoms with Gasteiger partial charge >= 0.3 is 0 Å². The zero-order chi connectivity index (χ0) is 13.7. The standard InChI is InChI=1S/C15H20N2O2/c16-15(19)10-12-6-8-17(9-7-12)11-14(18)13-4-2-1-3-5-13/h1-5,12H,6-11H2,(H2,16,19). The Hall–Kier alpha value is -1.68. The summed E-state index contributed by atoms with van der Waals surface area (Å²) in [6.07, 6.45) is 2.37. The number of hydrogen-bond acceptors (Lipinski definition) is 3. The lowest BCUT2D eigenvalue weighted by Crippen LogP contribution is -2.38. The summed E-state index contributed by atoms with van der Waals surface area (Å²) >= 11 is 0. The maximum Gasteiger partial charge on any atom is 0.217 e. The van der Waals surface area contributed by atoms with Gasteiger partial charge in [0.1, 0.15) is 0 Å². The number of benzene rings is 1. The fourth-order valence-corrected chi connectivity index (χ4v) is 2.55. The monoisotopic (exact) mass is 260 g/mol. The Morgan fingerprint density at radius 1 is 1.16 bits per heavy atom.